The van der Waals surface area contributed by atoms with Gasteiger partial charge in [0, 0.05) is 26.7 Å². The fraction of sp³-hybridized carbons (Fsp3) is 0.353. The average molecular weight is 366 g/mol. The normalized spacial score (nSPS) is 12.9. The van der Waals surface area contributed by atoms with E-state index in [2.05, 4.69) is 0 Å². The minimum absolute atomic E-state index is 0.0510. The number of carbonyl (C=O) groups is 1. The molecule has 0 fully saturated rings. The van der Waals surface area contributed by atoms with Gasteiger partial charge in [-0.15, -0.1) is 0 Å². The Bertz CT molecular complexity index is 844. The second-order valence-corrected chi connectivity index (χ2v) is 7.88. The van der Waals surface area contributed by atoms with Gasteiger partial charge in [-0.1, -0.05) is 0 Å². The molecular formula is C17H22N2O5S. The Morgan fingerprint density at radius 2 is 1.88 bits per heavy atom. The lowest BCUT2D eigenvalue weighted by Gasteiger charge is -2.24. The second kappa shape index (κ2) is 7.28. The summed E-state index contributed by atoms with van der Waals surface area (Å²) in [5.74, 6) is 0.513. The molecule has 7 nitrogen and oxygen atoms in total. The van der Waals surface area contributed by atoms with Crippen molar-refractivity contribution in [3.63, 3.8) is 0 Å². The first-order valence-corrected chi connectivity index (χ1v) is 9.05. The van der Waals surface area contributed by atoms with E-state index in [1.165, 1.54) is 38.2 Å². The van der Waals surface area contributed by atoms with E-state index in [1.54, 1.807) is 31.5 Å². The topological polar surface area (TPSA) is 80.1 Å². The molecule has 1 aromatic heterocycles. The maximum absolute atomic E-state index is 12.8. The summed E-state index contributed by atoms with van der Waals surface area (Å²) < 4.78 is 36.5. The number of carbonyl (C=O) groups excluding carboxylic acids is 1. The predicted octanol–water partition coefficient (Wildman–Crippen LogP) is 2.37. The van der Waals surface area contributed by atoms with Crippen molar-refractivity contribution in [3.8, 4) is 5.75 Å². The molecule has 8 heteroatoms. The molecule has 2 rings (SSSR count). The molecule has 0 aliphatic rings. The van der Waals surface area contributed by atoms with Gasteiger partial charge in [0.2, 0.25) is 10.0 Å². The van der Waals surface area contributed by atoms with E-state index in [1.807, 2.05) is 6.92 Å². The molecule has 0 radical (unpaired) electrons. The number of benzene rings is 1. The number of hydrogen-bond donors (Lipinski definition) is 0. The smallest absolute Gasteiger partial charge is 0.254 e. The van der Waals surface area contributed by atoms with Gasteiger partial charge in [0.1, 0.15) is 16.4 Å². The molecule has 0 aliphatic carbocycles. The zero-order valence-electron chi connectivity index (χ0n) is 14.9. The maximum Gasteiger partial charge on any atom is 0.254 e. The predicted molar refractivity (Wildman–Crippen MR) is 93.1 cm³/mol. The fourth-order valence-corrected chi connectivity index (χ4v) is 3.38. The van der Waals surface area contributed by atoms with Crippen molar-refractivity contribution in [3.05, 3.63) is 47.9 Å². The fourth-order valence-electron chi connectivity index (χ4n) is 2.31. The average Bonchev–Trinajstić information content (AvgIpc) is 3.13. The van der Waals surface area contributed by atoms with Crippen LogP contribution in [0.2, 0.25) is 0 Å². The third-order valence-electron chi connectivity index (χ3n) is 4.03. The zero-order valence-corrected chi connectivity index (χ0v) is 15.7. The first-order valence-electron chi connectivity index (χ1n) is 7.61. The van der Waals surface area contributed by atoms with Crippen molar-refractivity contribution in [2.24, 2.45) is 0 Å². The van der Waals surface area contributed by atoms with Gasteiger partial charge >= 0.3 is 0 Å². The number of hydrogen-bond acceptors (Lipinski definition) is 5. The molecule has 0 aliphatic heterocycles. The lowest BCUT2D eigenvalue weighted by Crippen LogP contribution is -2.30. The van der Waals surface area contributed by atoms with Gasteiger partial charge in [0.15, 0.2) is 0 Å². The number of ether oxygens (including phenoxy) is 1. The highest BCUT2D eigenvalue weighted by molar-refractivity contribution is 7.89. The molecule has 0 bridgehead atoms. The standard InChI is InChI=1S/C17H22N2O5S/c1-12(14-7-6-10-24-14)19(4)17(20)13-8-9-15(23-5)16(11-13)25(21,22)18(2)3/h6-12H,1-5H3. The van der Waals surface area contributed by atoms with Gasteiger partial charge in [0.05, 0.1) is 19.4 Å². The quantitative estimate of drug-likeness (QED) is 0.784. The Kier molecular flexibility index (Phi) is 5.54. The van der Waals surface area contributed by atoms with E-state index >= 15 is 0 Å². The highest BCUT2D eigenvalue weighted by Crippen LogP contribution is 2.28. The SMILES string of the molecule is COc1ccc(C(=O)N(C)C(C)c2ccco2)cc1S(=O)(=O)N(C)C. The molecule has 1 heterocycles. The van der Waals surface area contributed by atoms with Gasteiger partial charge in [-0.2, -0.15) is 0 Å². The van der Waals surface area contributed by atoms with E-state index in [-0.39, 0.29) is 28.2 Å². The van der Waals surface area contributed by atoms with Crippen LogP contribution in [0.15, 0.2) is 45.9 Å². The lowest BCUT2D eigenvalue weighted by atomic mass is 10.1. The molecule has 1 aromatic carbocycles. The van der Waals surface area contributed by atoms with Crippen molar-refractivity contribution in [1.82, 2.24) is 9.21 Å². The molecule has 1 atom stereocenters. The lowest BCUT2D eigenvalue weighted by molar-refractivity contribution is 0.0726. The molecule has 136 valence electrons. The van der Waals surface area contributed by atoms with Crippen molar-refractivity contribution >= 4 is 15.9 Å². The largest absolute Gasteiger partial charge is 0.495 e. The molecule has 0 saturated carbocycles. The summed E-state index contributed by atoms with van der Waals surface area (Å²) in [4.78, 5) is 14.2. The van der Waals surface area contributed by atoms with E-state index in [0.717, 1.165) is 4.31 Å². The Morgan fingerprint density at radius 3 is 2.40 bits per heavy atom. The monoisotopic (exact) mass is 366 g/mol. The zero-order chi connectivity index (χ0) is 18.8. The Labute approximate surface area is 147 Å². The van der Waals surface area contributed by atoms with Gasteiger partial charge in [-0.3, -0.25) is 4.79 Å². The Hall–Kier alpha value is -2.32. The second-order valence-electron chi connectivity index (χ2n) is 5.76. The molecule has 25 heavy (non-hydrogen) atoms. The van der Waals surface area contributed by atoms with Crippen molar-refractivity contribution in [1.29, 1.82) is 0 Å². The number of furan rings is 1. The number of rotatable bonds is 6. The van der Waals surface area contributed by atoms with Crippen LogP contribution in [0.25, 0.3) is 0 Å². The van der Waals surface area contributed by atoms with Crippen LogP contribution < -0.4 is 4.74 Å². The summed E-state index contributed by atoms with van der Waals surface area (Å²) in [6.07, 6.45) is 1.54. The first kappa shape index (κ1) is 19.0. The molecule has 0 spiro atoms. The van der Waals surface area contributed by atoms with Crippen molar-refractivity contribution in [2.75, 3.05) is 28.3 Å². The summed E-state index contributed by atoms with van der Waals surface area (Å²) in [7, 11) is 2.13. The number of methoxy groups -OCH3 is 1. The Morgan fingerprint density at radius 1 is 1.20 bits per heavy atom. The van der Waals surface area contributed by atoms with Gasteiger partial charge in [-0.25, -0.2) is 12.7 Å². The third kappa shape index (κ3) is 3.69. The van der Waals surface area contributed by atoms with Crippen LogP contribution in [0.1, 0.15) is 29.1 Å². The summed E-state index contributed by atoms with van der Waals surface area (Å²) in [6.45, 7) is 1.83. The molecule has 0 saturated heterocycles. The van der Waals surface area contributed by atoms with Crippen molar-refractivity contribution in [2.45, 2.75) is 17.9 Å². The van der Waals surface area contributed by atoms with E-state index in [9.17, 15) is 13.2 Å². The maximum atomic E-state index is 12.8. The molecular weight excluding hydrogens is 344 g/mol. The molecule has 1 amide bonds. The Balaban J connectivity index is 2.41. The minimum Gasteiger partial charge on any atom is -0.495 e. The van der Waals surface area contributed by atoms with Crippen LogP contribution in [0.3, 0.4) is 0 Å². The highest BCUT2D eigenvalue weighted by Gasteiger charge is 2.26. The van der Waals surface area contributed by atoms with Gasteiger partial charge < -0.3 is 14.1 Å². The van der Waals surface area contributed by atoms with E-state index in [4.69, 9.17) is 9.15 Å². The highest BCUT2D eigenvalue weighted by atomic mass is 32.2. The summed E-state index contributed by atoms with van der Waals surface area (Å²) in [6, 6.07) is 7.60. The molecule has 1 unspecified atom stereocenters. The summed E-state index contributed by atoms with van der Waals surface area (Å²) in [5.41, 5.74) is 0.252. The van der Waals surface area contributed by atoms with Crippen LogP contribution >= 0.6 is 0 Å². The third-order valence-corrected chi connectivity index (χ3v) is 5.86. The van der Waals surface area contributed by atoms with Crippen LogP contribution in [-0.4, -0.2) is 51.8 Å². The number of amides is 1. The molecule has 2 aromatic rings. The van der Waals surface area contributed by atoms with E-state index in [0.29, 0.717) is 5.76 Å². The van der Waals surface area contributed by atoms with Crippen LogP contribution in [0.5, 0.6) is 5.75 Å². The van der Waals surface area contributed by atoms with Crippen LogP contribution in [0.4, 0.5) is 0 Å². The van der Waals surface area contributed by atoms with Crippen molar-refractivity contribution < 1.29 is 22.4 Å². The van der Waals surface area contributed by atoms with Gasteiger partial charge in [0.25, 0.3) is 5.91 Å². The van der Waals surface area contributed by atoms with Crippen LogP contribution in [0, 0.1) is 0 Å². The number of sulfonamides is 1. The summed E-state index contributed by atoms with van der Waals surface area (Å²) in [5, 5.41) is 0. The number of nitrogens with zero attached hydrogens (tertiary/aromatic N) is 2. The minimum atomic E-state index is -3.75. The van der Waals surface area contributed by atoms with Gasteiger partial charge in [-0.05, 0) is 37.3 Å². The molecule has 0 N–H and O–H groups in total. The van der Waals surface area contributed by atoms with Crippen LogP contribution in [-0.2, 0) is 10.0 Å². The summed E-state index contributed by atoms with van der Waals surface area (Å²) >= 11 is 0. The first-order chi connectivity index (χ1) is 11.7. The van der Waals surface area contributed by atoms with E-state index < -0.39 is 10.0 Å².